The van der Waals surface area contributed by atoms with E-state index < -0.39 is 22.2 Å². The molecule has 0 N–H and O–H groups in total. The maximum atomic E-state index is 6.93. The smallest absolute Gasteiger partial charge is 0.250 e. The topological polar surface area (TPSA) is 30.9 Å². The van der Waals surface area contributed by atoms with Gasteiger partial charge in [-0.15, -0.1) is 0 Å². The van der Waals surface area contributed by atoms with Gasteiger partial charge in [-0.1, -0.05) is 80.5 Å². The minimum absolute atomic E-state index is 0.0500. The van der Waals surface area contributed by atoms with Gasteiger partial charge in [0.15, 0.2) is 8.32 Å². The summed E-state index contributed by atoms with van der Waals surface area (Å²) < 4.78 is 20.3. The van der Waals surface area contributed by atoms with Gasteiger partial charge < -0.3 is 18.2 Å². The molecule has 0 aliphatic carbocycles. The minimum atomic E-state index is -2.00. The van der Waals surface area contributed by atoms with Gasteiger partial charge >= 0.3 is 0 Å². The van der Waals surface area contributed by atoms with Crippen molar-refractivity contribution in [2.24, 2.45) is 0 Å². The number of hydrogen-bond acceptors (Lipinski definition) is 4. The molecule has 0 aliphatic heterocycles. The highest BCUT2D eigenvalue weighted by molar-refractivity contribution is 6.75. The van der Waals surface area contributed by atoms with Crippen LogP contribution in [0.5, 0.6) is 5.75 Å². The van der Waals surface area contributed by atoms with Gasteiger partial charge in [0.1, 0.15) is 5.75 Å². The molecule has 7 heteroatoms. The van der Waals surface area contributed by atoms with E-state index in [1.807, 2.05) is 0 Å². The fourth-order valence-electron chi connectivity index (χ4n) is 3.66. The van der Waals surface area contributed by atoms with E-state index >= 15 is 0 Å². The molecule has 40 heavy (non-hydrogen) atoms. The second kappa shape index (κ2) is 12.5. The Kier molecular flexibility index (Phi) is 10.8. The fourth-order valence-corrected chi connectivity index (χ4v) is 6.41. The first-order valence-electron chi connectivity index (χ1n) is 14.7. The Morgan fingerprint density at radius 3 is 1.60 bits per heavy atom. The Morgan fingerprint density at radius 1 is 0.675 bits per heavy atom. The quantitative estimate of drug-likeness (QED) is 0.240. The Balaban J connectivity index is 2.59. The van der Waals surface area contributed by atoms with E-state index in [9.17, 15) is 0 Å². The molecule has 1 unspecified atom stereocenters. The first-order chi connectivity index (χ1) is 18.0. The molecule has 0 saturated carbocycles. The molecule has 0 aliphatic rings. The van der Waals surface area contributed by atoms with Crippen LogP contribution in [0.3, 0.4) is 0 Å². The maximum absolute atomic E-state index is 6.93. The van der Waals surface area contributed by atoms with Crippen LogP contribution >= 0.6 is 0 Å². The molecular weight excluding hydrogens is 543 g/mol. The van der Waals surface area contributed by atoms with E-state index in [0.717, 1.165) is 17.1 Å². The lowest BCUT2D eigenvalue weighted by molar-refractivity contribution is 0.0561. The Bertz CT molecular complexity index is 1060. The minimum Gasteiger partial charge on any atom is -0.544 e. The molecule has 0 spiro atoms. The number of para-hydroxylation sites is 1. The van der Waals surface area contributed by atoms with E-state index in [-0.39, 0.29) is 21.2 Å². The summed E-state index contributed by atoms with van der Waals surface area (Å²) in [7, 11) is -3.56. The molecule has 0 amide bonds. The molecule has 2 aromatic rings. The second-order valence-corrected chi connectivity index (χ2v) is 27.1. The molecule has 1 atom stereocenters. The van der Waals surface area contributed by atoms with Gasteiger partial charge in [0.25, 0.3) is 0 Å². The maximum Gasteiger partial charge on any atom is 0.250 e. The second-order valence-electron chi connectivity index (χ2n) is 15.7. The van der Waals surface area contributed by atoms with Crippen molar-refractivity contribution in [2.75, 3.05) is 11.5 Å². The Hall–Kier alpha value is -1.39. The van der Waals surface area contributed by atoms with E-state index in [0.29, 0.717) is 16.4 Å². The van der Waals surface area contributed by atoms with Crippen molar-refractivity contribution in [3.8, 4) is 5.75 Å². The van der Waals surface area contributed by atoms with Crippen LogP contribution in [0.25, 0.3) is 0 Å². The van der Waals surface area contributed by atoms with E-state index in [2.05, 4.69) is 162 Å². The van der Waals surface area contributed by atoms with E-state index in [1.165, 1.54) is 0 Å². The SMILES string of the molecule is CC(C)(C)[Si]OC(C)(C)C(CO[Si](C)(C)C(C)(C)C)N(c1ccccc1)c1ccc(O[Si](C)(C)C(C)(C)C)cc1. The monoisotopic (exact) mass is 599 g/mol. The normalized spacial score (nSPS) is 14.7. The predicted octanol–water partition coefficient (Wildman–Crippen LogP) is 10.2. The zero-order valence-electron chi connectivity index (χ0n) is 28.2. The number of benzene rings is 2. The van der Waals surface area contributed by atoms with Crippen molar-refractivity contribution < 1.29 is 13.3 Å². The van der Waals surface area contributed by atoms with Crippen LogP contribution in [0.15, 0.2) is 54.6 Å². The van der Waals surface area contributed by atoms with Crippen LogP contribution in [-0.2, 0) is 8.85 Å². The summed E-state index contributed by atoms with van der Waals surface area (Å²) in [6, 6.07) is 19.2. The molecule has 2 radical (unpaired) electrons. The molecule has 0 fully saturated rings. The molecule has 224 valence electrons. The fraction of sp³-hybridized carbons (Fsp3) is 0.636. The number of nitrogens with zero attached hydrogens (tertiary/aromatic N) is 1. The third kappa shape index (κ3) is 9.31. The lowest BCUT2D eigenvalue weighted by Gasteiger charge is -2.46. The summed E-state index contributed by atoms with van der Waals surface area (Å²) in [6.07, 6.45) is 0. The standard InChI is InChI=1S/C33H57NO3Si3/c1-30(2,3)38-37-33(10,11)29(25-35-39(12,13)31(4,5)6)34(26-19-17-16-18-20-26)27-21-23-28(24-22-27)36-40(14,15)32(7,8)9/h16-24,29H,25H2,1-15H3. The first kappa shape index (κ1) is 34.8. The molecule has 2 aromatic carbocycles. The van der Waals surface area contributed by atoms with Crippen molar-refractivity contribution in [1.29, 1.82) is 0 Å². The van der Waals surface area contributed by atoms with Crippen LogP contribution in [-0.4, -0.2) is 44.6 Å². The highest BCUT2D eigenvalue weighted by atomic mass is 28.4. The summed E-state index contributed by atoms with van der Waals surface area (Å²) in [5, 5.41) is 0.349. The van der Waals surface area contributed by atoms with Crippen molar-refractivity contribution in [2.45, 2.75) is 129 Å². The molecule has 0 saturated heterocycles. The highest BCUT2D eigenvalue weighted by Gasteiger charge is 2.43. The first-order valence-corrected chi connectivity index (χ1v) is 21.4. The van der Waals surface area contributed by atoms with Gasteiger partial charge in [0.05, 0.1) is 18.2 Å². The Labute approximate surface area is 251 Å². The zero-order chi connectivity index (χ0) is 30.8. The molecule has 0 bridgehead atoms. The Morgan fingerprint density at radius 2 is 1.15 bits per heavy atom. The van der Waals surface area contributed by atoms with Gasteiger partial charge in [-0.25, -0.2) is 0 Å². The summed E-state index contributed by atoms with van der Waals surface area (Å²) in [5.41, 5.74) is 1.76. The van der Waals surface area contributed by atoms with E-state index in [1.54, 1.807) is 0 Å². The van der Waals surface area contributed by atoms with Gasteiger partial charge in [0.2, 0.25) is 18.1 Å². The third-order valence-electron chi connectivity index (χ3n) is 8.47. The number of anilines is 2. The van der Waals surface area contributed by atoms with Crippen LogP contribution in [0, 0.1) is 0 Å². The van der Waals surface area contributed by atoms with Crippen LogP contribution in [0.1, 0.15) is 76.2 Å². The largest absolute Gasteiger partial charge is 0.544 e. The van der Waals surface area contributed by atoms with Crippen molar-refractivity contribution in [3.63, 3.8) is 0 Å². The summed E-state index contributed by atoms with van der Waals surface area (Å²) in [5.74, 6) is 0.933. The lowest BCUT2D eigenvalue weighted by Crippen LogP contribution is -2.55. The molecular formula is C33H57NO3Si3. The molecule has 0 heterocycles. The zero-order valence-corrected chi connectivity index (χ0v) is 31.2. The molecule has 4 nitrogen and oxygen atoms in total. The average Bonchev–Trinajstić information content (AvgIpc) is 2.79. The molecule has 0 aromatic heterocycles. The lowest BCUT2D eigenvalue weighted by atomic mass is 9.96. The average molecular weight is 600 g/mol. The summed E-state index contributed by atoms with van der Waals surface area (Å²) >= 11 is 0. The van der Waals surface area contributed by atoms with Gasteiger partial charge in [-0.05, 0) is 91.5 Å². The summed E-state index contributed by atoms with van der Waals surface area (Å²) in [6.45, 7) is 34.7. The van der Waals surface area contributed by atoms with Crippen LogP contribution in [0.4, 0.5) is 11.4 Å². The van der Waals surface area contributed by atoms with Gasteiger partial charge in [0, 0.05) is 11.4 Å². The highest BCUT2D eigenvalue weighted by Crippen LogP contribution is 2.41. The van der Waals surface area contributed by atoms with Crippen molar-refractivity contribution >= 4 is 37.8 Å². The van der Waals surface area contributed by atoms with Gasteiger partial charge in [-0.2, -0.15) is 0 Å². The number of rotatable bonds is 11. The van der Waals surface area contributed by atoms with Crippen LogP contribution in [0.2, 0.25) is 41.3 Å². The summed E-state index contributed by atoms with van der Waals surface area (Å²) in [4.78, 5) is 2.41. The number of hydrogen-bond donors (Lipinski definition) is 0. The molecule has 2 rings (SSSR count). The van der Waals surface area contributed by atoms with Crippen LogP contribution < -0.4 is 9.33 Å². The predicted molar refractivity (Wildman–Crippen MR) is 180 cm³/mol. The van der Waals surface area contributed by atoms with E-state index in [4.69, 9.17) is 13.3 Å². The van der Waals surface area contributed by atoms with Crippen molar-refractivity contribution in [1.82, 2.24) is 0 Å². The van der Waals surface area contributed by atoms with Crippen molar-refractivity contribution in [3.05, 3.63) is 54.6 Å². The third-order valence-corrected chi connectivity index (χ3v) is 18.6. The van der Waals surface area contributed by atoms with Gasteiger partial charge in [-0.3, -0.25) is 0 Å².